The lowest BCUT2D eigenvalue weighted by Crippen LogP contribution is -2.44. The monoisotopic (exact) mass is 277 g/mol. The van der Waals surface area contributed by atoms with Crippen molar-refractivity contribution in [2.45, 2.75) is 44.4 Å². The topological polar surface area (TPSA) is 20.3 Å². The highest BCUT2D eigenvalue weighted by Crippen LogP contribution is 2.21. The molecule has 0 aromatic heterocycles. The van der Waals surface area contributed by atoms with Gasteiger partial charge in [0.15, 0.2) is 0 Å². The van der Waals surface area contributed by atoms with Crippen LogP contribution in [-0.2, 0) is 10.5 Å². The molecule has 1 saturated heterocycles. The fraction of sp³-hybridized carbons (Fsp3) is 0.562. The first-order valence-corrected chi connectivity index (χ1v) is 8.38. The minimum absolute atomic E-state index is 0.326. The summed E-state index contributed by atoms with van der Waals surface area (Å²) in [5, 5.41) is 0. The molecule has 0 bridgehead atoms. The molecule has 1 amide bonds. The van der Waals surface area contributed by atoms with Crippen LogP contribution < -0.4 is 0 Å². The van der Waals surface area contributed by atoms with Gasteiger partial charge in [-0.05, 0) is 31.2 Å². The number of benzene rings is 1. The zero-order valence-corrected chi connectivity index (χ0v) is 12.5. The zero-order valence-electron chi connectivity index (χ0n) is 11.7. The molecule has 0 N–H and O–H groups in total. The van der Waals surface area contributed by atoms with Gasteiger partial charge in [0, 0.05) is 18.3 Å². The summed E-state index contributed by atoms with van der Waals surface area (Å²) in [6, 6.07) is 10.9. The largest absolute Gasteiger partial charge is 0.339 e. The third kappa shape index (κ3) is 4.27. The lowest BCUT2D eigenvalue weighted by molar-refractivity contribution is -0.132. The number of carbonyl (C=O) groups excluding carboxylic acids is 1. The van der Waals surface area contributed by atoms with Crippen molar-refractivity contribution < 1.29 is 4.79 Å². The van der Waals surface area contributed by atoms with E-state index in [2.05, 4.69) is 36.1 Å². The van der Waals surface area contributed by atoms with Crippen LogP contribution in [0.1, 0.15) is 38.2 Å². The van der Waals surface area contributed by atoms with Gasteiger partial charge in [0.2, 0.25) is 5.91 Å². The summed E-state index contributed by atoms with van der Waals surface area (Å²) >= 11 is 1.73. The Morgan fingerprint density at radius 1 is 1.32 bits per heavy atom. The highest BCUT2D eigenvalue weighted by molar-refractivity contribution is 7.99. The van der Waals surface area contributed by atoms with Crippen LogP contribution in [0.5, 0.6) is 0 Å². The Labute approximate surface area is 120 Å². The van der Waals surface area contributed by atoms with E-state index in [0.717, 1.165) is 18.7 Å². The summed E-state index contributed by atoms with van der Waals surface area (Å²) in [6.07, 6.45) is 4.73. The van der Waals surface area contributed by atoms with E-state index in [0.29, 0.717) is 17.7 Å². The first-order chi connectivity index (χ1) is 9.31. The van der Waals surface area contributed by atoms with E-state index in [1.807, 2.05) is 6.07 Å². The second-order valence-corrected chi connectivity index (χ2v) is 6.11. The molecule has 0 aliphatic carbocycles. The second kappa shape index (κ2) is 7.59. The Kier molecular flexibility index (Phi) is 5.77. The molecule has 0 unspecified atom stereocenters. The van der Waals surface area contributed by atoms with Crippen LogP contribution in [0, 0.1) is 0 Å². The molecule has 0 radical (unpaired) electrons. The van der Waals surface area contributed by atoms with Crippen molar-refractivity contribution in [3.63, 3.8) is 0 Å². The van der Waals surface area contributed by atoms with Crippen molar-refractivity contribution in [1.29, 1.82) is 0 Å². The predicted octanol–water partition coefficient (Wildman–Crippen LogP) is 3.71. The molecule has 3 heteroatoms. The predicted molar refractivity (Wildman–Crippen MR) is 82.2 cm³/mol. The SMILES string of the molecule is CC[C@@H]1CCCCN1C(=O)CSCc1ccccc1. The van der Waals surface area contributed by atoms with Crippen LogP contribution in [0.4, 0.5) is 0 Å². The molecule has 1 aromatic carbocycles. The fourth-order valence-corrected chi connectivity index (χ4v) is 3.54. The molecule has 1 fully saturated rings. The zero-order chi connectivity index (χ0) is 13.5. The summed E-state index contributed by atoms with van der Waals surface area (Å²) < 4.78 is 0. The second-order valence-electron chi connectivity index (χ2n) is 5.12. The molecule has 19 heavy (non-hydrogen) atoms. The van der Waals surface area contributed by atoms with E-state index in [-0.39, 0.29) is 0 Å². The number of likely N-dealkylation sites (tertiary alicyclic amines) is 1. The fourth-order valence-electron chi connectivity index (χ4n) is 2.67. The number of thioether (sulfide) groups is 1. The van der Waals surface area contributed by atoms with Gasteiger partial charge in [-0.3, -0.25) is 4.79 Å². The lowest BCUT2D eigenvalue weighted by atomic mass is 10.0. The van der Waals surface area contributed by atoms with Gasteiger partial charge in [0.05, 0.1) is 5.75 Å². The maximum atomic E-state index is 12.3. The number of amides is 1. The van der Waals surface area contributed by atoms with E-state index in [4.69, 9.17) is 0 Å². The lowest BCUT2D eigenvalue weighted by Gasteiger charge is -2.35. The van der Waals surface area contributed by atoms with Gasteiger partial charge >= 0.3 is 0 Å². The summed E-state index contributed by atoms with van der Waals surface area (Å²) in [5.74, 6) is 1.87. The van der Waals surface area contributed by atoms with Crippen LogP contribution in [0.3, 0.4) is 0 Å². The molecule has 2 nitrogen and oxygen atoms in total. The number of hydrogen-bond donors (Lipinski definition) is 0. The Bertz CT molecular complexity index is 393. The van der Waals surface area contributed by atoms with Crippen molar-refractivity contribution in [3.8, 4) is 0 Å². The van der Waals surface area contributed by atoms with E-state index in [9.17, 15) is 4.79 Å². The maximum Gasteiger partial charge on any atom is 0.232 e. The third-order valence-electron chi connectivity index (χ3n) is 3.76. The van der Waals surface area contributed by atoms with E-state index >= 15 is 0 Å². The van der Waals surface area contributed by atoms with Gasteiger partial charge in [0.1, 0.15) is 0 Å². The molecule has 0 spiro atoms. The minimum Gasteiger partial charge on any atom is -0.339 e. The average Bonchev–Trinajstić information content (AvgIpc) is 2.48. The van der Waals surface area contributed by atoms with Crippen molar-refractivity contribution >= 4 is 17.7 Å². The molecule has 1 aromatic rings. The molecule has 0 saturated carbocycles. The number of rotatable bonds is 5. The van der Waals surface area contributed by atoms with Crippen LogP contribution in [-0.4, -0.2) is 29.1 Å². The number of hydrogen-bond acceptors (Lipinski definition) is 2. The summed E-state index contributed by atoms with van der Waals surface area (Å²) in [5.41, 5.74) is 1.30. The Hall–Kier alpha value is -0.960. The Balaban J connectivity index is 1.77. The van der Waals surface area contributed by atoms with Crippen LogP contribution >= 0.6 is 11.8 Å². The third-order valence-corrected chi connectivity index (χ3v) is 4.74. The molecular weight excluding hydrogens is 254 g/mol. The molecule has 1 aliphatic heterocycles. The Morgan fingerprint density at radius 2 is 2.11 bits per heavy atom. The van der Waals surface area contributed by atoms with Gasteiger partial charge in [-0.25, -0.2) is 0 Å². The van der Waals surface area contributed by atoms with Gasteiger partial charge in [-0.2, -0.15) is 0 Å². The first kappa shape index (κ1) is 14.4. The van der Waals surface area contributed by atoms with Crippen LogP contribution in [0.15, 0.2) is 30.3 Å². The van der Waals surface area contributed by atoms with Crippen molar-refractivity contribution in [2.75, 3.05) is 12.3 Å². The van der Waals surface area contributed by atoms with E-state index in [1.54, 1.807) is 11.8 Å². The average molecular weight is 277 g/mol. The van der Waals surface area contributed by atoms with E-state index in [1.165, 1.54) is 24.8 Å². The number of nitrogens with zero attached hydrogens (tertiary/aromatic N) is 1. The molecule has 1 heterocycles. The van der Waals surface area contributed by atoms with Crippen molar-refractivity contribution in [3.05, 3.63) is 35.9 Å². The Morgan fingerprint density at radius 3 is 2.84 bits per heavy atom. The summed E-state index contributed by atoms with van der Waals surface area (Å²) in [4.78, 5) is 14.4. The molecule has 1 aliphatic rings. The van der Waals surface area contributed by atoms with Crippen molar-refractivity contribution in [1.82, 2.24) is 4.90 Å². The summed E-state index contributed by atoms with van der Waals surface area (Å²) in [7, 11) is 0. The maximum absolute atomic E-state index is 12.3. The smallest absolute Gasteiger partial charge is 0.232 e. The highest BCUT2D eigenvalue weighted by Gasteiger charge is 2.24. The number of carbonyl (C=O) groups is 1. The molecule has 1 atom stereocenters. The molecule has 104 valence electrons. The van der Waals surface area contributed by atoms with Crippen molar-refractivity contribution in [2.24, 2.45) is 0 Å². The van der Waals surface area contributed by atoms with Crippen LogP contribution in [0.25, 0.3) is 0 Å². The van der Waals surface area contributed by atoms with Crippen LogP contribution in [0.2, 0.25) is 0 Å². The minimum atomic E-state index is 0.326. The highest BCUT2D eigenvalue weighted by atomic mass is 32.2. The van der Waals surface area contributed by atoms with Gasteiger partial charge in [-0.15, -0.1) is 11.8 Å². The van der Waals surface area contributed by atoms with Gasteiger partial charge < -0.3 is 4.90 Å². The quantitative estimate of drug-likeness (QED) is 0.817. The van der Waals surface area contributed by atoms with Gasteiger partial charge in [0.25, 0.3) is 0 Å². The number of piperidine rings is 1. The van der Waals surface area contributed by atoms with Gasteiger partial charge in [-0.1, -0.05) is 37.3 Å². The first-order valence-electron chi connectivity index (χ1n) is 7.22. The summed E-state index contributed by atoms with van der Waals surface area (Å²) in [6.45, 7) is 3.15. The van der Waals surface area contributed by atoms with E-state index < -0.39 is 0 Å². The normalized spacial score (nSPS) is 19.4. The molecular formula is C16H23NOS. The standard InChI is InChI=1S/C16H23NOS/c1-2-15-10-6-7-11-17(15)16(18)13-19-12-14-8-4-3-5-9-14/h3-5,8-9,15H,2,6-7,10-13H2,1H3/t15-/m1/s1. The molecule has 2 rings (SSSR count).